The molecule has 1 aromatic carbocycles. The fourth-order valence-corrected chi connectivity index (χ4v) is 2.65. The Bertz CT molecular complexity index is 391. The summed E-state index contributed by atoms with van der Waals surface area (Å²) in [6, 6.07) is 10.6. The van der Waals surface area contributed by atoms with Crippen LogP contribution >= 0.6 is 0 Å². The van der Waals surface area contributed by atoms with E-state index in [2.05, 4.69) is 29.7 Å². The minimum absolute atomic E-state index is 0.169. The standard InChI is InChI=1S/C16H24N2O/c1-13-6-5-10-17-15(13)12-16(19)18-11-9-14-7-3-2-4-8-14/h2-4,7-8,13,15,17H,5-6,9-12H2,1H3,(H,18,19). The maximum atomic E-state index is 11.9. The van der Waals surface area contributed by atoms with Crippen LogP contribution < -0.4 is 10.6 Å². The first-order valence-electron chi connectivity index (χ1n) is 7.29. The van der Waals surface area contributed by atoms with Crippen LogP contribution in [0, 0.1) is 5.92 Å². The molecule has 2 atom stereocenters. The maximum absolute atomic E-state index is 11.9. The van der Waals surface area contributed by atoms with Crippen molar-refractivity contribution < 1.29 is 4.79 Å². The molecule has 0 aliphatic carbocycles. The molecule has 1 amide bonds. The molecular weight excluding hydrogens is 236 g/mol. The number of carbonyl (C=O) groups excluding carboxylic acids is 1. The van der Waals surface area contributed by atoms with Crippen molar-refractivity contribution in [3.63, 3.8) is 0 Å². The summed E-state index contributed by atoms with van der Waals surface area (Å²) in [7, 11) is 0. The third kappa shape index (κ3) is 4.67. The number of nitrogens with one attached hydrogen (secondary N) is 2. The summed E-state index contributed by atoms with van der Waals surface area (Å²) in [6.45, 7) is 4.00. The van der Waals surface area contributed by atoms with Crippen molar-refractivity contribution >= 4 is 5.91 Å². The lowest BCUT2D eigenvalue weighted by Gasteiger charge is -2.29. The average molecular weight is 260 g/mol. The molecule has 0 bridgehead atoms. The van der Waals surface area contributed by atoms with Crippen LogP contribution in [0.2, 0.25) is 0 Å². The van der Waals surface area contributed by atoms with E-state index in [1.54, 1.807) is 0 Å². The van der Waals surface area contributed by atoms with Crippen molar-refractivity contribution in [1.82, 2.24) is 10.6 Å². The van der Waals surface area contributed by atoms with E-state index in [0.717, 1.165) is 19.5 Å². The highest BCUT2D eigenvalue weighted by atomic mass is 16.1. The van der Waals surface area contributed by atoms with E-state index in [0.29, 0.717) is 18.4 Å². The molecule has 1 fully saturated rings. The second-order valence-electron chi connectivity index (χ2n) is 5.47. The van der Waals surface area contributed by atoms with Crippen molar-refractivity contribution in [2.24, 2.45) is 5.92 Å². The minimum atomic E-state index is 0.169. The smallest absolute Gasteiger partial charge is 0.221 e. The van der Waals surface area contributed by atoms with Gasteiger partial charge in [0.05, 0.1) is 0 Å². The predicted molar refractivity (Wildman–Crippen MR) is 78.0 cm³/mol. The highest BCUT2D eigenvalue weighted by Gasteiger charge is 2.22. The summed E-state index contributed by atoms with van der Waals surface area (Å²) in [5.41, 5.74) is 1.27. The third-order valence-electron chi connectivity index (χ3n) is 3.91. The van der Waals surface area contributed by atoms with Gasteiger partial charge in [0, 0.05) is 19.0 Å². The van der Waals surface area contributed by atoms with Crippen LogP contribution in [-0.4, -0.2) is 25.0 Å². The summed E-state index contributed by atoms with van der Waals surface area (Å²) >= 11 is 0. The summed E-state index contributed by atoms with van der Waals surface area (Å²) in [5.74, 6) is 0.774. The van der Waals surface area contributed by atoms with E-state index in [4.69, 9.17) is 0 Å². The molecule has 2 rings (SSSR count). The van der Waals surface area contributed by atoms with Crippen LogP contribution in [0.15, 0.2) is 30.3 Å². The normalized spacial score (nSPS) is 23.0. The van der Waals surface area contributed by atoms with Gasteiger partial charge in [-0.1, -0.05) is 37.3 Å². The lowest BCUT2D eigenvalue weighted by Crippen LogP contribution is -2.43. The van der Waals surface area contributed by atoms with Gasteiger partial charge in [-0.25, -0.2) is 0 Å². The van der Waals surface area contributed by atoms with Gasteiger partial charge >= 0.3 is 0 Å². The Morgan fingerprint density at radius 1 is 1.37 bits per heavy atom. The Morgan fingerprint density at radius 2 is 2.16 bits per heavy atom. The molecule has 0 spiro atoms. The molecule has 1 heterocycles. The first-order valence-corrected chi connectivity index (χ1v) is 7.29. The Balaban J connectivity index is 1.67. The van der Waals surface area contributed by atoms with Gasteiger partial charge in [-0.05, 0) is 37.3 Å². The summed E-state index contributed by atoms with van der Waals surface area (Å²) < 4.78 is 0. The van der Waals surface area contributed by atoms with Crippen molar-refractivity contribution in [1.29, 1.82) is 0 Å². The molecule has 3 nitrogen and oxygen atoms in total. The molecular formula is C16H24N2O. The highest BCUT2D eigenvalue weighted by molar-refractivity contribution is 5.76. The van der Waals surface area contributed by atoms with E-state index in [1.807, 2.05) is 18.2 Å². The van der Waals surface area contributed by atoms with Gasteiger partial charge < -0.3 is 10.6 Å². The van der Waals surface area contributed by atoms with Crippen LogP contribution in [0.5, 0.6) is 0 Å². The molecule has 0 saturated carbocycles. The lowest BCUT2D eigenvalue weighted by molar-refractivity contribution is -0.121. The first-order chi connectivity index (χ1) is 9.25. The van der Waals surface area contributed by atoms with E-state index < -0.39 is 0 Å². The van der Waals surface area contributed by atoms with Crippen molar-refractivity contribution in [2.75, 3.05) is 13.1 Å². The van der Waals surface area contributed by atoms with Gasteiger partial charge in [0.15, 0.2) is 0 Å². The number of piperidine rings is 1. The Labute approximate surface area is 115 Å². The van der Waals surface area contributed by atoms with Gasteiger partial charge in [-0.15, -0.1) is 0 Å². The van der Waals surface area contributed by atoms with Crippen LogP contribution in [0.25, 0.3) is 0 Å². The SMILES string of the molecule is CC1CCCNC1CC(=O)NCCc1ccccc1. The molecule has 1 aliphatic heterocycles. The number of hydrogen-bond acceptors (Lipinski definition) is 2. The molecule has 3 heteroatoms. The van der Waals surface area contributed by atoms with Crippen LogP contribution in [0.4, 0.5) is 0 Å². The molecule has 2 unspecified atom stereocenters. The van der Waals surface area contributed by atoms with E-state index >= 15 is 0 Å². The quantitative estimate of drug-likeness (QED) is 0.851. The third-order valence-corrected chi connectivity index (χ3v) is 3.91. The number of rotatable bonds is 5. The Morgan fingerprint density at radius 3 is 2.89 bits per heavy atom. The maximum Gasteiger partial charge on any atom is 0.221 e. The zero-order valence-corrected chi connectivity index (χ0v) is 11.7. The van der Waals surface area contributed by atoms with E-state index in [-0.39, 0.29) is 5.91 Å². The molecule has 1 aliphatic rings. The fraction of sp³-hybridized carbons (Fsp3) is 0.562. The van der Waals surface area contributed by atoms with Gasteiger partial charge in [0.25, 0.3) is 0 Å². The second kappa shape index (κ2) is 7.29. The average Bonchev–Trinajstić information content (AvgIpc) is 2.43. The molecule has 1 saturated heterocycles. The summed E-state index contributed by atoms with van der Waals surface area (Å²) in [6.07, 6.45) is 3.97. The topological polar surface area (TPSA) is 41.1 Å². The first kappa shape index (κ1) is 14.1. The summed E-state index contributed by atoms with van der Waals surface area (Å²) in [5, 5.41) is 6.47. The van der Waals surface area contributed by atoms with Crippen molar-refractivity contribution in [3.8, 4) is 0 Å². The van der Waals surface area contributed by atoms with Gasteiger partial charge in [0.1, 0.15) is 0 Å². The number of hydrogen-bond donors (Lipinski definition) is 2. The Kier molecular flexibility index (Phi) is 5.40. The van der Waals surface area contributed by atoms with Crippen molar-refractivity contribution in [2.45, 2.75) is 38.6 Å². The largest absolute Gasteiger partial charge is 0.356 e. The zero-order chi connectivity index (χ0) is 13.5. The second-order valence-corrected chi connectivity index (χ2v) is 5.47. The van der Waals surface area contributed by atoms with E-state index in [1.165, 1.54) is 18.4 Å². The number of amides is 1. The zero-order valence-electron chi connectivity index (χ0n) is 11.7. The molecule has 19 heavy (non-hydrogen) atoms. The molecule has 0 aromatic heterocycles. The molecule has 1 aromatic rings. The van der Waals surface area contributed by atoms with Gasteiger partial charge in [0.2, 0.25) is 5.91 Å². The minimum Gasteiger partial charge on any atom is -0.356 e. The number of benzene rings is 1. The van der Waals surface area contributed by atoms with Crippen molar-refractivity contribution in [3.05, 3.63) is 35.9 Å². The van der Waals surface area contributed by atoms with Crippen LogP contribution in [0.1, 0.15) is 31.7 Å². The molecule has 2 N–H and O–H groups in total. The highest BCUT2D eigenvalue weighted by Crippen LogP contribution is 2.17. The van der Waals surface area contributed by atoms with Crippen LogP contribution in [0.3, 0.4) is 0 Å². The predicted octanol–water partition coefficient (Wildman–Crippen LogP) is 2.12. The molecule has 104 valence electrons. The van der Waals surface area contributed by atoms with Crippen LogP contribution in [-0.2, 0) is 11.2 Å². The Hall–Kier alpha value is -1.35. The summed E-state index contributed by atoms with van der Waals surface area (Å²) in [4.78, 5) is 11.9. The monoisotopic (exact) mass is 260 g/mol. The fourth-order valence-electron chi connectivity index (χ4n) is 2.65. The van der Waals surface area contributed by atoms with Gasteiger partial charge in [-0.2, -0.15) is 0 Å². The van der Waals surface area contributed by atoms with E-state index in [9.17, 15) is 4.79 Å². The lowest BCUT2D eigenvalue weighted by atomic mass is 9.90. The van der Waals surface area contributed by atoms with Gasteiger partial charge in [-0.3, -0.25) is 4.79 Å². The number of carbonyl (C=O) groups is 1. The molecule has 0 radical (unpaired) electrons.